The first-order chi connectivity index (χ1) is 11.5. The van der Waals surface area contributed by atoms with Crippen molar-refractivity contribution in [2.75, 3.05) is 12.1 Å². The predicted octanol–water partition coefficient (Wildman–Crippen LogP) is 5.84. The number of hydrogen-bond acceptors (Lipinski definition) is 4. The molecule has 1 N–H and O–H groups in total. The maximum atomic E-state index is 12.6. The first-order valence-corrected chi connectivity index (χ1v) is 8.76. The van der Waals surface area contributed by atoms with Crippen molar-refractivity contribution in [2.24, 2.45) is 0 Å². The minimum atomic E-state index is -0.327. The molecule has 0 bridgehead atoms. The number of thiophene rings is 1. The summed E-state index contributed by atoms with van der Waals surface area (Å²) in [5, 5.41) is 4.65. The van der Waals surface area contributed by atoms with Gasteiger partial charge >= 0.3 is 0 Å². The van der Waals surface area contributed by atoms with Crippen LogP contribution in [0.4, 0.5) is 5.69 Å². The van der Waals surface area contributed by atoms with Crippen molar-refractivity contribution in [3.63, 3.8) is 0 Å². The molecule has 2 aromatic carbocycles. The molecule has 0 saturated heterocycles. The second-order valence-corrected chi connectivity index (χ2v) is 7.30. The van der Waals surface area contributed by atoms with Gasteiger partial charge in [-0.1, -0.05) is 34.8 Å². The van der Waals surface area contributed by atoms with Gasteiger partial charge in [0, 0.05) is 26.9 Å². The van der Waals surface area contributed by atoms with Gasteiger partial charge in [-0.3, -0.25) is 4.79 Å². The minimum absolute atomic E-state index is 0.175. The van der Waals surface area contributed by atoms with Crippen LogP contribution in [0.1, 0.15) is 9.67 Å². The van der Waals surface area contributed by atoms with Crippen molar-refractivity contribution < 1.29 is 14.3 Å². The van der Waals surface area contributed by atoms with Crippen LogP contribution in [0.5, 0.6) is 11.5 Å². The summed E-state index contributed by atoms with van der Waals surface area (Å²) in [7, 11) is 0. The average Bonchev–Trinajstić information content (AvgIpc) is 3.11. The number of nitrogens with one attached hydrogen (secondary N) is 1. The second-order valence-electron chi connectivity index (χ2n) is 5.03. The Balaban J connectivity index is 1.68. The molecule has 122 valence electrons. The van der Waals surface area contributed by atoms with Crippen LogP contribution in [-0.2, 0) is 0 Å². The molecular weight excluding hydrogens is 393 g/mol. The van der Waals surface area contributed by atoms with E-state index in [2.05, 4.69) is 5.32 Å². The van der Waals surface area contributed by atoms with E-state index in [1.165, 1.54) is 11.3 Å². The number of ether oxygens (including phenoxy) is 2. The molecule has 4 nitrogen and oxygen atoms in total. The smallest absolute Gasteiger partial charge is 0.267 e. The maximum Gasteiger partial charge on any atom is 0.267 e. The topological polar surface area (TPSA) is 47.6 Å². The Morgan fingerprint density at radius 3 is 2.71 bits per heavy atom. The van der Waals surface area contributed by atoms with Crippen LogP contribution >= 0.6 is 46.1 Å². The summed E-state index contributed by atoms with van der Waals surface area (Å²) in [5.41, 5.74) is 0.585. The van der Waals surface area contributed by atoms with Crippen molar-refractivity contribution in [3.05, 3.63) is 50.3 Å². The molecule has 0 saturated carbocycles. The molecule has 24 heavy (non-hydrogen) atoms. The number of carbonyl (C=O) groups is 1. The molecule has 3 aromatic rings. The first kappa shape index (κ1) is 15.8. The molecule has 0 radical (unpaired) electrons. The Morgan fingerprint density at radius 1 is 1.08 bits per heavy atom. The molecule has 0 unspecified atom stereocenters. The summed E-state index contributed by atoms with van der Waals surface area (Å²) >= 11 is 19.8. The summed E-state index contributed by atoms with van der Waals surface area (Å²) in [6.45, 7) is 0.175. The monoisotopic (exact) mass is 399 g/mol. The molecule has 1 aromatic heterocycles. The van der Waals surface area contributed by atoms with E-state index in [-0.39, 0.29) is 12.7 Å². The Morgan fingerprint density at radius 2 is 1.88 bits per heavy atom. The van der Waals surface area contributed by atoms with E-state index in [0.29, 0.717) is 42.5 Å². The average molecular weight is 401 g/mol. The lowest BCUT2D eigenvalue weighted by atomic mass is 10.2. The fourth-order valence-electron chi connectivity index (χ4n) is 2.42. The zero-order valence-corrected chi connectivity index (χ0v) is 14.9. The Labute approximate surface area is 155 Å². The molecule has 1 aliphatic heterocycles. The number of carbonyl (C=O) groups excluding carboxylic acids is 1. The summed E-state index contributed by atoms with van der Waals surface area (Å²) in [4.78, 5) is 12.9. The zero-order valence-electron chi connectivity index (χ0n) is 11.9. The molecular formula is C16H8Cl3NO3S. The summed E-state index contributed by atoms with van der Waals surface area (Å²) in [6, 6.07) is 8.50. The standard InChI is InChI=1S/C16H8Cl3NO3S/c17-7-3-9(18)13-12(4-7)24-15(14(13)19)16(21)20-8-1-2-10-11(5-8)23-6-22-10/h1-5H,6H2,(H,20,21). The molecule has 1 amide bonds. The molecule has 1 aliphatic rings. The van der Waals surface area contributed by atoms with Gasteiger partial charge in [0.05, 0.1) is 10.0 Å². The second kappa shape index (κ2) is 6.01. The Bertz CT molecular complexity index is 986. The fourth-order valence-corrected chi connectivity index (χ4v) is 4.69. The van der Waals surface area contributed by atoms with Gasteiger partial charge in [0.25, 0.3) is 5.91 Å². The number of amides is 1. The molecule has 0 atom stereocenters. The van der Waals surface area contributed by atoms with Gasteiger partial charge in [0.1, 0.15) is 4.88 Å². The van der Waals surface area contributed by atoms with Gasteiger partial charge in [0.2, 0.25) is 6.79 Å². The van der Waals surface area contributed by atoms with E-state index in [4.69, 9.17) is 44.3 Å². The van der Waals surface area contributed by atoms with Crippen molar-refractivity contribution >= 4 is 67.8 Å². The summed E-state index contributed by atoms with van der Waals surface area (Å²) in [6.07, 6.45) is 0. The fraction of sp³-hybridized carbons (Fsp3) is 0.0625. The third-order valence-corrected chi connectivity index (χ3v) is 5.63. The van der Waals surface area contributed by atoms with Crippen LogP contribution in [-0.4, -0.2) is 12.7 Å². The lowest BCUT2D eigenvalue weighted by Gasteiger charge is -2.05. The van der Waals surface area contributed by atoms with E-state index >= 15 is 0 Å². The van der Waals surface area contributed by atoms with Gasteiger partial charge < -0.3 is 14.8 Å². The number of anilines is 1. The highest BCUT2D eigenvalue weighted by Gasteiger charge is 2.21. The maximum absolute atomic E-state index is 12.6. The van der Waals surface area contributed by atoms with E-state index < -0.39 is 0 Å². The normalized spacial score (nSPS) is 12.6. The summed E-state index contributed by atoms with van der Waals surface area (Å²) in [5.74, 6) is 0.909. The van der Waals surface area contributed by atoms with Gasteiger partial charge in [-0.2, -0.15) is 0 Å². The minimum Gasteiger partial charge on any atom is -0.454 e. The molecule has 8 heteroatoms. The van der Waals surface area contributed by atoms with Crippen LogP contribution in [0.3, 0.4) is 0 Å². The number of benzene rings is 2. The third kappa shape index (κ3) is 2.67. The highest BCUT2D eigenvalue weighted by atomic mass is 35.5. The predicted molar refractivity (Wildman–Crippen MR) is 97.4 cm³/mol. The number of rotatable bonds is 2. The lowest BCUT2D eigenvalue weighted by molar-refractivity contribution is 0.103. The van der Waals surface area contributed by atoms with Crippen LogP contribution < -0.4 is 14.8 Å². The van der Waals surface area contributed by atoms with E-state index in [1.807, 2.05) is 0 Å². The van der Waals surface area contributed by atoms with Gasteiger partial charge in [-0.15, -0.1) is 11.3 Å². The highest BCUT2D eigenvalue weighted by Crippen LogP contribution is 2.41. The van der Waals surface area contributed by atoms with Crippen molar-refractivity contribution in [3.8, 4) is 11.5 Å². The van der Waals surface area contributed by atoms with Crippen LogP contribution in [0, 0.1) is 0 Å². The number of fused-ring (bicyclic) bond motifs is 2. The van der Waals surface area contributed by atoms with Crippen molar-refractivity contribution in [1.29, 1.82) is 0 Å². The van der Waals surface area contributed by atoms with Crippen molar-refractivity contribution in [1.82, 2.24) is 0 Å². The third-order valence-electron chi connectivity index (χ3n) is 3.49. The Kier molecular flexibility index (Phi) is 3.96. The zero-order chi connectivity index (χ0) is 16.8. The number of hydrogen-bond donors (Lipinski definition) is 1. The van der Waals surface area contributed by atoms with E-state index in [1.54, 1.807) is 30.3 Å². The highest BCUT2D eigenvalue weighted by molar-refractivity contribution is 7.21. The van der Waals surface area contributed by atoms with E-state index in [9.17, 15) is 4.79 Å². The van der Waals surface area contributed by atoms with Crippen molar-refractivity contribution in [2.45, 2.75) is 0 Å². The lowest BCUT2D eigenvalue weighted by Crippen LogP contribution is -2.10. The number of halogens is 3. The molecule has 0 spiro atoms. The first-order valence-electron chi connectivity index (χ1n) is 6.81. The van der Waals surface area contributed by atoms with Crippen LogP contribution in [0.2, 0.25) is 15.1 Å². The van der Waals surface area contributed by atoms with E-state index in [0.717, 1.165) is 4.70 Å². The van der Waals surface area contributed by atoms with Gasteiger partial charge in [0.15, 0.2) is 11.5 Å². The Hall–Kier alpha value is -1.66. The van der Waals surface area contributed by atoms with Crippen LogP contribution in [0.15, 0.2) is 30.3 Å². The van der Waals surface area contributed by atoms with Crippen LogP contribution in [0.25, 0.3) is 10.1 Å². The van der Waals surface area contributed by atoms with Gasteiger partial charge in [-0.25, -0.2) is 0 Å². The molecule has 0 aliphatic carbocycles. The molecule has 2 heterocycles. The summed E-state index contributed by atoms with van der Waals surface area (Å²) < 4.78 is 11.3. The molecule has 4 rings (SSSR count). The largest absolute Gasteiger partial charge is 0.454 e. The van der Waals surface area contributed by atoms with Gasteiger partial charge in [-0.05, 0) is 24.3 Å². The molecule has 0 fully saturated rings. The quantitative estimate of drug-likeness (QED) is 0.587. The SMILES string of the molecule is O=C(Nc1ccc2c(c1)OCO2)c1sc2cc(Cl)cc(Cl)c2c1Cl.